The second kappa shape index (κ2) is 5.55. The van der Waals surface area contributed by atoms with Gasteiger partial charge in [0.15, 0.2) is 0 Å². The molecule has 0 spiro atoms. The van der Waals surface area contributed by atoms with Crippen molar-refractivity contribution in [2.75, 3.05) is 0 Å². The fourth-order valence-electron chi connectivity index (χ4n) is 1.30. The van der Waals surface area contributed by atoms with Crippen LogP contribution in [0.3, 0.4) is 0 Å². The summed E-state index contributed by atoms with van der Waals surface area (Å²) in [7, 11) is 1.69. The first-order valence-electron chi connectivity index (χ1n) is 4.74. The minimum atomic E-state index is -1.15. The lowest BCUT2D eigenvalue weighted by molar-refractivity contribution is -0.139. The maximum Gasteiger partial charge on any atom is 0.327 e. The Bertz CT molecular complexity index is 487. The molecular formula is C11H11BrN2O3. The second-order valence-electron chi connectivity index (χ2n) is 3.43. The maximum absolute atomic E-state index is 11.8. The number of aryl methyl sites for hydroxylation is 1. The third kappa shape index (κ3) is 3.36. The van der Waals surface area contributed by atoms with Crippen LogP contribution >= 0.6 is 15.9 Å². The third-order valence-corrected chi connectivity index (χ3v) is 2.56. The SMILES string of the molecule is C#CCC(NC(=O)c1cc(Br)cn1C)C(=O)O. The fourth-order valence-corrected chi connectivity index (χ4v) is 1.82. The minimum absolute atomic E-state index is 0.0489. The van der Waals surface area contributed by atoms with Gasteiger partial charge in [-0.25, -0.2) is 4.79 Å². The number of carbonyl (C=O) groups is 2. The summed E-state index contributed by atoms with van der Waals surface area (Å²) in [6.45, 7) is 0. The third-order valence-electron chi connectivity index (χ3n) is 2.13. The highest BCUT2D eigenvalue weighted by Crippen LogP contribution is 2.13. The number of halogens is 1. The van der Waals surface area contributed by atoms with E-state index in [4.69, 9.17) is 11.5 Å². The molecule has 6 heteroatoms. The number of nitrogens with one attached hydrogen (secondary N) is 1. The van der Waals surface area contributed by atoms with Crippen molar-refractivity contribution in [3.05, 3.63) is 22.4 Å². The number of carbonyl (C=O) groups excluding carboxylic acids is 1. The predicted octanol–water partition coefficient (Wildman–Crippen LogP) is 0.994. The van der Waals surface area contributed by atoms with Crippen LogP contribution in [0.15, 0.2) is 16.7 Å². The molecule has 0 aromatic carbocycles. The molecule has 90 valence electrons. The van der Waals surface area contributed by atoms with E-state index >= 15 is 0 Å². The largest absolute Gasteiger partial charge is 0.480 e. The van der Waals surface area contributed by atoms with Gasteiger partial charge in [-0.1, -0.05) is 0 Å². The zero-order valence-electron chi connectivity index (χ0n) is 9.11. The Morgan fingerprint density at radius 2 is 2.35 bits per heavy atom. The molecule has 1 aromatic heterocycles. The number of carboxylic acids is 1. The molecule has 0 radical (unpaired) electrons. The number of terminal acetylenes is 1. The zero-order chi connectivity index (χ0) is 13.0. The van der Waals surface area contributed by atoms with Gasteiger partial charge < -0.3 is 15.0 Å². The lowest BCUT2D eigenvalue weighted by Crippen LogP contribution is -2.41. The Morgan fingerprint density at radius 1 is 1.71 bits per heavy atom. The average molecular weight is 299 g/mol. The van der Waals surface area contributed by atoms with Crippen LogP contribution in [0.5, 0.6) is 0 Å². The monoisotopic (exact) mass is 298 g/mol. The molecule has 1 aromatic rings. The van der Waals surface area contributed by atoms with E-state index in [9.17, 15) is 9.59 Å². The molecule has 1 heterocycles. The van der Waals surface area contributed by atoms with E-state index in [1.54, 1.807) is 23.9 Å². The second-order valence-corrected chi connectivity index (χ2v) is 4.34. The molecule has 0 aliphatic heterocycles. The van der Waals surface area contributed by atoms with Crippen LogP contribution < -0.4 is 5.32 Å². The van der Waals surface area contributed by atoms with Crippen LogP contribution in [0.2, 0.25) is 0 Å². The molecule has 0 saturated heterocycles. The number of nitrogens with zero attached hydrogens (tertiary/aromatic N) is 1. The highest BCUT2D eigenvalue weighted by Gasteiger charge is 2.21. The number of carboxylic acid groups (broad SMARTS) is 1. The summed E-state index contributed by atoms with van der Waals surface area (Å²) in [6.07, 6.45) is 6.69. The first kappa shape index (κ1) is 13.3. The van der Waals surface area contributed by atoms with Gasteiger partial charge in [-0.3, -0.25) is 4.79 Å². The van der Waals surface area contributed by atoms with E-state index in [-0.39, 0.29) is 6.42 Å². The molecule has 0 aliphatic carbocycles. The highest BCUT2D eigenvalue weighted by molar-refractivity contribution is 9.10. The lowest BCUT2D eigenvalue weighted by atomic mass is 10.2. The van der Waals surface area contributed by atoms with Crippen molar-refractivity contribution < 1.29 is 14.7 Å². The van der Waals surface area contributed by atoms with E-state index in [1.165, 1.54) is 0 Å². The molecule has 0 saturated carbocycles. The number of rotatable bonds is 4. The van der Waals surface area contributed by atoms with Gasteiger partial charge in [-0.15, -0.1) is 12.3 Å². The van der Waals surface area contributed by atoms with Gasteiger partial charge in [0.1, 0.15) is 11.7 Å². The maximum atomic E-state index is 11.8. The quantitative estimate of drug-likeness (QED) is 0.815. The smallest absolute Gasteiger partial charge is 0.327 e. The molecular weight excluding hydrogens is 288 g/mol. The van der Waals surface area contributed by atoms with Crippen LogP contribution in [-0.4, -0.2) is 27.6 Å². The van der Waals surface area contributed by atoms with Crippen LogP contribution in [0.4, 0.5) is 0 Å². The summed E-state index contributed by atoms with van der Waals surface area (Å²) in [6, 6.07) is 0.533. The van der Waals surface area contributed by atoms with Gasteiger partial charge in [0.25, 0.3) is 5.91 Å². The first-order valence-corrected chi connectivity index (χ1v) is 5.54. The lowest BCUT2D eigenvalue weighted by Gasteiger charge is -2.11. The molecule has 17 heavy (non-hydrogen) atoms. The summed E-state index contributed by atoms with van der Waals surface area (Å²) >= 11 is 3.23. The van der Waals surface area contributed by atoms with Gasteiger partial charge in [0.2, 0.25) is 0 Å². The van der Waals surface area contributed by atoms with Gasteiger partial charge in [0.05, 0.1) is 0 Å². The van der Waals surface area contributed by atoms with E-state index in [0.717, 1.165) is 4.47 Å². The predicted molar refractivity (Wildman–Crippen MR) is 65.5 cm³/mol. The summed E-state index contributed by atoms with van der Waals surface area (Å²) in [5.41, 5.74) is 0.361. The Kier molecular flexibility index (Phi) is 4.35. The van der Waals surface area contributed by atoms with Gasteiger partial charge in [-0.05, 0) is 22.0 Å². The Morgan fingerprint density at radius 3 is 2.76 bits per heavy atom. The van der Waals surface area contributed by atoms with Gasteiger partial charge >= 0.3 is 5.97 Å². The Hall–Kier alpha value is -1.74. The van der Waals surface area contributed by atoms with E-state index < -0.39 is 17.9 Å². The molecule has 1 rings (SSSR count). The average Bonchev–Trinajstić information content (AvgIpc) is 2.57. The van der Waals surface area contributed by atoms with Crippen molar-refractivity contribution in [2.45, 2.75) is 12.5 Å². The minimum Gasteiger partial charge on any atom is -0.480 e. The zero-order valence-corrected chi connectivity index (χ0v) is 10.7. The van der Waals surface area contributed by atoms with Crippen molar-refractivity contribution >= 4 is 27.8 Å². The highest BCUT2D eigenvalue weighted by atomic mass is 79.9. The summed E-state index contributed by atoms with van der Waals surface area (Å²) in [5.74, 6) is 0.594. The number of aliphatic carboxylic acids is 1. The van der Waals surface area contributed by atoms with Crippen LogP contribution in [0.1, 0.15) is 16.9 Å². The van der Waals surface area contributed by atoms with Crippen molar-refractivity contribution in [1.29, 1.82) is 0 Å². The van der Waals surface area contributed by atoms with Gasteiger partial charge in [-0.2, -0.15) is 0 Å². The normalized spacial score (nSPS) is 11.6. The standard InChI is InChI=1S/C11H11BrN2O3/c1-3-4-8(11(16)17)13-10(15)9-5-7(12)6-14(9)2/h1,5-6,8H,4H2,2H3,(H,13,15)(H,16,17). The summed E-state index contributed by atoms with van der Waals surface area (Å²) in [4.78, 5) is 22.6. The van der Waals surface area contributed by atoms with Crippen molar-refractivity contribution in [3.8, 4) is 12.3 Å². The molecule has 1 unspecified atom stereocenters. The van der Waals surface area contributed by atoms with E-state index in [1.807, 2.05) is 0 Å². The van der Waals surface area contributed by atoms with Crippen molar-refractivity contribution in [3.63, 3.8) is 0 Å². The van der Waals surface area contributed by atoms with E-state index in [2.05, 4.69) is 27.2 Å². The first-order chi connectivity index (χ1) is 7.95. The van der Waals surface area contributed by atoms with Crippen LogP contribution in [0.25, 0.3) is 0 Å². The van der Waals surface area contributed by atoms with Crippen molar-refractivity contribution in [2.24, 2.45) is 7.05 Å². The van der Waals surface area contributed by atoms with Gasteiger partial charge in [0, 0.05) is 24.1 Å². The molecule has 5 nitrogen and oxygen atoms in total. The number of amides is 1. The number of hydrogen-bond acceptors (Lipinski definition) is 2. The Labute approximate surface area is 107 Å². The molecule has 1 amide bonds. The molecule has 0 aliphatic rings. The topological polar surface area (TPSA) is 71.3 Å². The summed E-state index contributed by atoms with van der Waals surface area (Å²) < 4.78 is 2.34. The number of hydrogen-bond donors (Lipinski definition) is 2. The fraction of sp³-hybridized carbons (Fsp3) is 0.273. The molecule has 0 bridgehead atoms. The number of aromatic nitrogens is 1. The van der Waals surface area contributed by atoms with Crippen LogP contribution in [-0.2, 0) is 11.8 Å². The van der Waals surface area contributed by atoms with Crippen molar-refractivity contribution in [1.82, 2.24) is 9.88 Å². The van der Waals surface area contributed by atoms with Crippen LogP contribution in [0, 0.1) is 12.3 Å². The molecule has 2 N–H and O–H groups in total. The summed E-state index contributed by atoms with van der Waals surface area (Å²) in [5, 5.41) is 11.2. The molecule has 0 fully saturated rings. The van der Waals surface area contributed by atoms with E-state index in [0.29, 0.717) is 5.69 Å². The Balaban J connectivity index is 2.81. The molecule has 1 atom stereocenters.